The average molecular weight is 281 g/mol. The van der Waals surface area contributed by atoms with E-state index in [0.717, 1.165) is 5.56 Å². The molecule has 0 spiro atoms. The van der Waals surface area contributed by atoms with Crippen LogP contribution in [0.25, 0.3) is 23.3 Å². The number of rotatable bonds is 3. The van der Waals surface area contributed by atoms with Gasteiger partial charge in [0.2, 0.25) is 5.89 Å². The SMILES string of the molecule is O=C(O)c1cccc2oc(C=Cc3cccc(O)c3)nc12. The van der Waals surface area contributed by atoms with Crippen LogP contribution in [0.5, 0.6) is 5.75 Å². The summed E-state index contributed by atoms with van der Waals surface area (Å²) in [5.74, 6) is -0.567. The predicted molar refractivity (Wildman–Crippen MR) is 78.0 cm³/mol. The third-order valence-electron chi connectivity index (χ3n) is 2.95. The standard InChI is InChI=1S/C16H11NO4/c18-11-4-1-3-10(9-11)7-8-14-17-15-12(16(19)20)5-2-6-13(15)21-14/h1-9,18H,(H,19,20). The predicted octanol–water partition coefficient (Wildman–Crippen LogP) is 3.40. The summed E-state index contributed by atoms with van der Waals surface area (Å²) in [5, 5.41) is 18.5. The van der Waals surface area contributed by atoms with E-state index in [1.165, 1.54) is 6.07 Å². The first-order valence-corrected chi connectivity index (χ1v) is 6.23. The van der Waals surface area contributed by atoms with Crippen LogP contribution in [0.15, 0.2) is 46.9 Å². The topological polar surface area (TPSA) is 83.6 Å². The number of para-hydroxylation sites is 1. The van der Waals surface area contributed by atoms with E-state index >= 15 is 0 Å². The Balaban J connectivity index is 1.98. The lowest BCUT2D eigenvalue weighted by Gasteiger charge is -1.93. The largest absolute Gasteiger partial charge is 0.508 e. The summed E-state index contributed by atoms with van der Waals surface area (Å²) in [7, 11) is 0. The molecule has 0 atom stereocenters. The second-order valence-corrected chi connectivity index (χ2v) is 4.44. The minimum absolute atomic E-state index is 0.105. The summed E-state index contributed by atoms with van der Waals surface area (Å²) in [6, 6.07) is 11.5. The van der Waals surface area contributed by atoms with Crippen molar-refractivity contribution in [3.8, 4) is 5.75 Å². The van der Waals surface area contributed by atoms with Crippen molar-refractivity contribution in [1.29, 1.82) is 0 Å². The van der Waals surface area contributed by atoms with Crippen LogP contribution in [0.4, 0.5) is 0 Å². The summed E-state index contributed by atoms with van der Waals surface area (Å²) >= 11 is 0. The highest BCUT2D eigenvalue weighted by molar-refractivity contribution is 6.00. The molecule has 1 heterocycles. The third kappa shape index (κ3) is 2.62. The number of benzene rings is 2. The van der Waals surface area contributed by atoms with Crippen molar-refractivity contribution in [3.05, 3.63) is 59.5 Å². The van der Waals surface area contributed by atoms with Crippen LogP contribution < -0.4 is 0 Å². The van der Waals surface area contributed by atoms with Crippen LogP contribution >= 0.6 is 0 Å². The molecule has 3 aromatic rings. The molecule has 0 bridgehead atoms. The quantitative estimate of drug-likeness (QED) is 0.768. The van der Waals surface area contributed by atoms with E-state index in [4.69, 9.17) is 9.52 Å². The van der Waals surface area contributed by atoms with Gasteiger partial charge >= 0.3 is 5.97 Å². The molecule has 0 amide bonds. The Morgan fingerprint density at radius 2 is 1.95 bits per heavy atom. The van der Waals surface area contributed by atoms with Crippen LogP contribution in [0.1, 0.15) is 21.8 Å². The Morgan fingerprint density at radius 1 is 1.14 bits per heavy atom. The van der Waals surface area contributed by atoms with Crippen LogP contribution in [-0.2, 0) is 0 Å². The van der Waals surface area contributed by atoms with Gasteiger partial charge in [0.25, 0.3) is 0 Å². The minimum Gasteiger partial charge on any atom is -0.508 e. The first kappa shape index (κ1) is 12.9. The van der Waals surface area contributed by atoms with E-state index in [9.17, 15) is 9.90 Å². The second-order valence-electron chi connectivity index (χ2n) is 4.44. The Morgan fingerprint density at radius 3 is 2.71 bits per heavy atom. The first-order chi connectivity index (χ1) is 10.1. The van der Waals surface area contributed by atoms with Gasteiger partial charge in [-0.3, -0.25) is 0 Å². The summed E-state index contributed by atoms with van der Waals surface area (Å²) in [6.45, 7) is 0. The Kier molecular flexibility index (Phi) is 3.16. The number of carbonyl (C=O) groups is 1. The van der Waals surface area contributed by atoms with E-state index < -0.39 is 5.97 Å². The van der Waals surface area contributed by atoms with Gasteiger partial charge in [0.15, 0.2) is 5.58 Å². The number of nitrogens with zero attached hydrogens (tertiary/aromatic N) is 1. The molecule has 1 aromatic heterocycles. The lowest BCUT2D eigenvalue weighted by Crippen LogP contribution is -1.96. The highest BCUT2D eigenvalue weighted by atomic mass is 16.4. The molecule has 3 rings (SSSR count). The van der Waals surface area contributed by atoms with E-state index in [1.54, 1.807) is 42.5 Å². The number of hydrogen-bond donors (Lipinski definition) is 2. The number of aromatic hydroxyl groups is 1. The molecular formula is C16H11NO4. The molecule has 0 radical (unpaired) electrons. The number of fused-ring (bicyclic) bond motifs is 1. The molecule has 0 aliphatic heterocycles. The number of carboxylic acids is 1. The van der Waals surface area contributed by atoms with Gasteiger partial charge in [-0.15, -0.1) is 0 Å². The molecule has 21 heavy (non-hydrogen) atoms. The second kappa shape index (κ2) is 5.13. The van der Waals surface area contributed by atoms with Gasteiger partial charge in [-0.1, -0.05) is 18.2 Å². The van der Waals surface area contributed by atoms with Gasteiger partial charge in [0, 0.05) is 6.08 Å². The van der Waals surface area contributed by atoms with Crippen LogP contribution in [0.3, 0.4) is 0 Å². The highest BCUT2D eigenvalue weighted by Crippen LogP contribution is 2.21. The fraction of sp³-hybridized carbons (Fsp3) is 0. The smallest absolute Gasteiger partial charge is 0.338 e. The summed E-state index contributed by atoms with van der Waals surface area (Å²) in [4.78, 5) is 15.3. The average Bonchev–Trinajstić information content (AvgIpc) is 2.87. The maximum atomic E-state index is 11.1. The molecular weight excluding hydrogens is 270 g/mol. The number of phenols is 1. The summed E-state index contributed by atoms with van der Waals surface area (Å²) in [5.41, 5.74) is 1.63. The molecule has 0 aliphatic carbocycles. The van der Waals surface area contributed by atoms with Crippen molar-refractivity contribution in [2.45, 2.75) is 0 Å². The number of phenolic OH excluding ortho intramolecular Hbond substituents is 1. The molecule has 5 nitrogen and oxygen atoms in total. The summed E-state index contributed by atoms with van der Waals surface area (Å²) < 4.78 is 5.49. The first-order valence-electron chi connectivity index (χ1n) is 6.23. The van der Waals surface area contributed by atoms with Gasteiger partial charge in [0.05, 0.1) is 5.56 Å². The number of oxazole rings is 1. The van der Waals surface area contributed by atoms with E-state index in [2.05, 4.69) is 4.98 Å². The van der Waals surface area contributed by atoms with Crippen molar-refractivity contribution in [2.24, 2.45) is 0 Å². The molecule has 5 heteroatoms. The number of aromatic carboxylic acids is 1. The highest BCUT2D eigenvalue weighted by Gasteiger charge is 2.12. The van der Waals surface area contributed by atoms with Crippen LogP contribution in [-0.4, -0.2) is 21.2 Å². The van der Waals surface area contributed by atoms with Gasteiger partial charge in [0.1, 0.15) is 11.3 Å². The van der Waals surface area contributed by atoms with Crippen molar-refractivity contribution < 1.29 is 19.4 Å². The lowest BCUT2D eigenvalue weighted by molar-refractivity contribution is 0.0699. The molecule has 2 N–H and O–H groups in total. The van der Waals surface area contributed by atoms with Crippen LogP contribution in [0.2, 0.25) is 0 Å². The van der Waals surface area contributed by atoms with Crippen molar-refractivity contribution in [1.82, 2.24) is 4.98 Å². The monoisotopic (exact) mass is 281 g/mol. The van der Waals surface area contributed by atoms with Gasteiger partial charge < -0.3 is 14.6 Å². The van der Waals surface area contributed by atoms with Gasteiger partial charge in [-0.05, 0) is 35.9 Å². The number of hydrogen-bond acceptors (Lipinski definition) is 4. The molecule has 104 valence electrons. The van der Waals surface area contributed by atoms with Crippen molar-refractivity contribution >= 4 is 29.2 Å². The van der Waals surface area contributed by atoms with E-state index in [0.29, 0.717) is 17.0 Å². The molecule has 2 aromatic carbocycles. The number of aromatic nitrogens is 1. The zero-order valence-corrected chi connectivity index (χ0v) is 10.9. The Labute approximate surface area is 119 Å². The Hall–Kier alpha value is -3.08. The maximum absolute atomic E-state index is 11.1. The maximum Gasteiger partial charge on any atom is 0.338 e. The number of carboxylic acid groups (broad SMARTS) is 1. The minimum atomic E-state index is -1.04. The molecule has 0 saturated carbocycles. The zero-order valence-electron chi connectivity index (χ0n) is 10.9. The van der Waals surface area contributed by atoms with Crippen LogP contribution in [0, 0.1) is 0 Å². The molecule has 0 aliphatic rings. The normalized spacial score (nSPS) is 11.2. The van der Waals surface area contributed by atoms with Gasteiger partial charge in [-0.25, -0.2) is 9.78 Å². The Bertz CT molecular complexity index is 848. The molecule has 0 fully saturated rings. The molecule has 0 unspecified atom stereocenters. The van der Waals surface area contributed by atoms with Gasteiger partial charge in [-0.2, -0.15) is 0 Å². The van der Waals surface area contributed by atoms with Crippen molar-refractivity contribution in [3.63, 3.8) is 0 Å². The fourth-order valence-electron chi connectivity index (χ4n) is 2.01. The van der Waals surface area contributed by atoms with Crippen molar-refractivity contribution in [2.75, 3.05) is 0 Å². The van der Waals surface area contributed by atoms with E-state index in [-0.39, 0.29) is 11.3 Å². The lowest BCUT2D eigenvalue weighted by atomic mass is 10.2. The molecule has 0 saturated heterocycles. The fourth-order valence-corrected chi connectivity index (χ4v) is 2.01. The van der Waals surface area contributed by atoms with E-state index in [1.807, 2.05) is 6.07 Å². The third-order valence-corrected chi connectivity index (χ3v) is 2.95. The zero-order chi connectivity index (χ0) is 14.8. The summed E-state index contributed by atoms with van der Waals surface area (Å²) in [6.07, 6.45) is 3.35.